The van der Waals surface area contributed by atoms with Gasteiger partial charge in [-0.05, 0) is 32.4 Å². The molecule has 0 saturated carbocycles. The van der Waals surface area contributed by atoms with Crippen LogP contribution in [-0.2, 0) is 14.6 Å². The molecule has 0 aromatic carbocycles. The number of carbonyl (C=O) groups excluding carboxylic acids is 1. The zero-order valence-electron chi connectivity index (χ0n) is 9.66. The lowest BCUT2D eigenvalue weighted by molar-refractivity contribution is -0.121. The Kier molecular flexibility index (Phi) is 5.21. The Hall–Kier alpha value is -0.620. The van der Waals surface area contributed by atoms with E-state index in [0.29, 0.717) is 19.4 Å². The molecule has 6 heteroatoms. The topological polar surface area (TPSA) is 75.3 Å². The van der Waals surface area contributed by atoms with Gasteiger partial charge in [0, 0.05) is 13.0 Å². The molecule has 1 rings (SSSR count). The maximum atomic E-state index is 11.4. The van der Waals surface area contributed by atoms with Crippen LogP contribution >= 0.6 is 0 Å². The highest BCUT2D eigenvalue weighted by Crippen LogP contribution is 2.21. The van der Waals surface area contributed by atoms with Crippen LogP contribution in [0.2, 0.25) is 0 Å². The van der Waals surface area contributed by atoms with E-state index < -0.39 is 9.84 Å². The molecule has 94 valence electrons. The predicted octanol–water partition coefficient (Wildman–Crippen LogP) is -0.463. The summed E-state index contributed by atoms with van der Waals surface area (Å²) in [4.78, 5) is 11.4. The zero-order valence-corrected chi connectivity index (χ0v) is 10.5. The van der Waals surface area contributed by atoms with Gasteiger partial charge in [0.15, 0.2) is 9.84 Å². The lowest BCUT2D eigenvalue weighted by Gasteiger charge is -2.08. The second-order valence-corrected chi connectivity index (χ2v) is 6.51. The third-order valence-electron chi connectivity index (χ3n) is 2.73. The minimum atomic E-state index is -2.86. The molecule has 5 nitrogen and oxygen atoms in total. The van der Waals surface area contributed by atoms with E-state index in [2.05, 4.69) is 10.6 Å². The molecule has 1 atom stereocenters. The normalized spacial score (nSPS) is 23.2. The van der Waals surface area contributed by atoms with Crippen molar-refractivity contribution in [2.24, 2.45) is 5.92 Å². The van der Waals surface area contributed by atoms with Gasteiger partial charge in [0.25, 0.3) is 0 Å². The Morgan fingerprint density at radius 2 is 2.12 bits per heavy atom. The molecule has 0 aromatic heterocycles. The van der Waals surface area contributed by atoms with Crippen molar-refractivity contribution in [2.45, 2.75) is 19.3 Å². The highest BCUT2D eigenvalue weighted by Gasteiger charge is 2.29. The molecular weight excluding hydrogens is 228 g/mol. The Balaban J connectivity index is 2.15. The molecule has 0 spiro atoms. The van der Waals surface area contributed by atoms with E-state index in [-0.39, 0.29) is 23.3 Å². The smallest absolute Gasteiger partial charge is 0.220 e. The van der Waals surface area contributed by atoms with Crippen LogP contribution in [0.25, 0.3) is 0 Å². The SMILES string of the molecule is CNCCCNC(=O)CC1CCS(=O)(=O)C1. The minimum absolute atomic E-state index is 0.0225. The number of hydrogen-bond acceptors (Lipinski definition) is 4. The van der Waals surface area contributed by atoms with Crippen LogP contribution in [0, 0.1) is 5.92 Å². The van der Waals surface area contributed by atoms with E-state index in [4.69, 9.17) is 0 Å². The van der Waals surface area contributed by atoms with Gasteiger partial charge < -0.3 is 10.6 Å². The summed E-state index contributed by atoms with van der Waals surface area (Å²) >= 11 is 0. The van der Waals surface area contributed by atoms with Gasteiger partial charge in [0.2, 0.25) is 5.91 Å². The van der Waals surface area contributed by atoms with Crippen molar-refractivity contribution in [1.82, 2.24) is 10.6 Å². The fourth-order valence-electron chi connectivity index (χ4n) is 1.86. The van der Waals surface area contributed by atoms with Gasteiger partial charge >= 0.3 is 0 Å². The highest BCUT2D eigenvalue weighted by atomic mass is 32.2. The summed E-state index contributed by atoms with van der Waals surface area (Å²) < 4.78 is 22.4. The third kappa shape index (κ3) is 4.94. The summed E-state index contributed by atoms with van der Waals surface area (Å²) in [6, 6.07) is 0. The van der Waals surface area contributed by atoms with Gasteiger partial charge in [0.05, 0.1) is 11.5 Å². The molecule has 0 radical (unpaired) electrons. The Morgan fingerprint density at radius 1 is 1.38 bits per heavy atom. The number of sulfone groups is 1. The first-order valence-electron chi connectivity index (χ1n) is 5.65. The zero-order chi connectivity index (χ0) is 12.0. The number of carbonyl (C=O) groups is 1. The van der Waals surface area contributed by atoms with Crippen LogP contribution < -0.4 is 10.6 Å². The molecular formula is C10H20N2O3S. The standard InChI is InChI=1S/C10H20N2O3S/c1-11-4-2-5-12-10(13)7-9-3-6-16(14,15)8-9/h9,11H,2-8H2,1H3,(H,12,13). The summed E-state index contributed by atoms with van der Waals surface area (Å²) in [6.07, 6.45) is 1.87. The quantitative estimate of drug-likeness (QED) is 0.624. The van der Waals surface area contributed by atoms with Gasteiger partial charge in [-0.1, -0.05) is 0 Å². The van der Waals surface area contributed by atoms with Gasteiger partial charge in [-0.25, -0.2) is 8.42 Å². The second-order valence-electron chi connectivity index (χ2n) is 4.28. The fourth-order valence-corrected chi connectivity index (χ4v) is 3.72. The second kappa shape index (κ2) is 6.20. The third-order valence-corrected chi connectivity index (χ3v) is 4.56. The molecule has 1 amide bonds. The lowest BCUT2D eigenvalue weighted by atomic mass is 10.1. The predicted molar refractivity (Wildman–Crippen MR) is 62.9 cm³/mol. The molecule has 0 bridgehead atoms. The first kappa shape index (κ1) is 13.4. The van der Waals surface area contributed by atoms with Crippen molar-refractivity contribution < 1.29 is 13.2 Å². The molecule has 1 aliphatic rings. The summed E-state index contributed by atoms with van der Waals surface area (Å²) in [5.74, 6) is 0.411. The first-order chi connectivity index (χ1) is 7.53. The summed E-state index contributed by atoms with van der Waals surface area (Å²) in [6.45, 7) is 1.53. The van der Waals surface area contributed by atoms with Gasteiger partial charge in [-0.3, -0.25) is 4.79 Å². The number of amides is 1. The monoisotopic (exact) mass is 248 g/mol. The summed E-state index contributed by atoms with van der Waals surface area (Å²) in [5, 5.41) is 5.79. The Labute approximate surface area is 96.9 Å². The van der Waals surface area contributed by atoms with Crippen molar-refractivity contribution in [1.29, 1.82) is 0 Å². The minimum Gasteiger partial charge on any atom is -0.356 e. The van der Waals surface area contributed by atoms with Crippen LogP contribution in [0.5, 0.6) is 0 Å². The Morgan fingerprint density at radius 3 is 2.69 bits per heavy atom. The fraction of sp³-hybridized carbons (Fsp3) is 0.900. The maximum absolute atomic E-state index is 11.4. The Bertz CT molecular complexity index is 327. The number of hydrogen-bond donors (Lipinski definition) is 2. The average Bonchev–Trinajstić information content (AvgIpc) is 2.53. The molecule has 0 aromatic rings. The highest BCUT2D eigenvalue weighted by molar-refractivity contribution is 7.91. The van der Waals surface area contributed by atoms with Crippen molar-refractivity contribution in [2.75, 3.05) is 31.6 Å². The molecule has 1 saturated heterocycles. The lowest BCUT2D eigenvalue weighted by Crippen LogP contribution is -2.28. The van der Waals surface area contributed by atoms with Crippen LogP contribution in [0.15, 0.2) is 0 Å². The van der Waals surface area contributed by atoms with Crippen molar-refractivity contribution >= 4 is 15.7 Å². The molecule has 1 aliphatic heterocycles. The molecule has 1 unspecified atom stereocenters. The molecule has 2 N–H and O–H groups in total. The van der Waals surface area contributed by atoms with Crippen molar-refractivity contribution in [3.05, 3.63) is 0 Å². The first-order valence-corrected chi connectivity index (χ1v) is 7.47. The van der Waals surface area contributed by atoms with E-state index in [9.17, 15) is 13.2 Å². The van der Waals surface area contributed by atoms with Gasteiger partial charge in [-0.2, -0.15) is 0 Å². The van der Waals surface area contributed by atoms with Gasteiger partial charge in [-0.15, -0.1) is 0 Å². The molecule has 1 fully saturated rings. The van der Waals surface area contributed by atoms with Crippen LogP contribution in [0.3, 0.4) is 0 Å². The van der Waals surface area contributed by atoms with E-state index >= 15 is 0 Å². The van der Waals surface area contributed by atoms with E-state index in [1.54, 1.807) is 0 Å². The average molecular weight is 248 g/mol. The van der Waals surface area contributed by atoms with Crippen molar-refractivity contribution in [3.8, 4) is 0 Å². The molecule has 0 aliphatic carbocycles. The molecule has 16 heavy (non-hydrogen) atoms. The molecule has 1 heterocycles. The maximum Gasteiger partial charge on any atom is 0.220 e. The largest absolute Gasteiger partial charge is 0.356 e. The van der Waals surface area contributed by atoms with Gasteiger partial charge in [0.1, 0.15) is 0 Å². The van der Waals surface area contributed by atoms with Crippen LogP contribution in [0.4, 0.5) is 0 Å². The number of nitrogens with one attached hydrogen (secondary N) is 2. The summed E-state index contributed by atoms with van der Waals surface area (Å²) in [7, 11) is -0.994. The van der Waals surface area contributed by atoms with E-state index in [0.717, 1.165) is 13.0 Å². The van der Waals surface area contributed by atoms with E-state index in [1.807, 2.05) is 7.05 Å². The summed E-state index contributed by atoms with van der Waals surface area (Å²) in [5.41, 5.74) is 0. The van der Waals surface area contributed by atoms with E-state index in [1.165, 1.54) is 0 Å². The van der Waals surface area contributed by atoms with Crippen molar-refractivity contribution in [3.63, 3.8) is 0 Å². The number of rotatable bonds is 6. The van der Waals surface area contributed by atoms with Crippen LogP contribution in [-0.4, -0.2) is 46.0 Å². The van der Waals surface area contributed by atoms with Crippen LogP contribution in [0.1, 0.15) is 19.3 Å².